The van der Waals surface area contributed by atoms with Crippen molar-refractivity contribution in [1.82, 2.24) is 4.90 Å². The Labute approximate surface area is 148 Å². The van der Waals surface area contributed by atoms with E-state index in [1.807, 2.05) is 0 Å². The lowest BCUT2D eigenvalue weighted by molar-refractivity contribution is -0.138. The molecular formula is C17H13FN2O5S. The van der Waals surface area contributed by atoms with Crippen LogP contribution in [0.5, 0.6) is 0 Å². The number of rotatable bonds is 4. The fourth-order valence-electron chi connectivity index (χ4n) is 2.55. The van der Waals surface area contributed by atoms with Crippen LogP contribution in [0, 0.1) is 5.82 Å². The maximum Gasteiger partial charge on any atom is 0.296 e. The zero-order chi connectivity index (χ0) is 19.1. The topological polar surface area (TPSA) is 118 Å². The van der Waals surface area contributed by atoms with Crippen LogP contribution >= 0.6 is 0 Å². The number of carbonyl (C=O) groups is 2. The highest BCUT2D eigenvalue weighted by Crippen LogP contribution is 2.29. The highest BCUT2D eigenvalue weighted by Gasteiger charge is 2.39. The zero-order valence-corrected chi connectivity index (χ0v) is 14.0. The van der Waals surface area contributed by atoms with Crippen LogP contribution in [0.25, 0.3) is 5.57 Å². The average Bonchev–Trinajstić information content (AvgIpc) is 2.79. The van der Waals surface area contributed by atoms with E-state index in [1.165, 1.54) is 36.4 Å². The van der Waals surface area contributed by atoms with Gasteiger partial charge in [-0.1, -0.05) is 24.3 Å². The van der Waals surface area contributed by atoms with E-state index in [9.17, 15) is 27.5 Å². The predicted molar refractivity (Wildman–Crippen MR) is 89.3 cm³/mol. The molecule has 0 radical (unpaired) electrons. The van der Waals surface area contributed by atoms with Crippen molar-refractivity contribution in [2.24, 2.45) is 5.14 Å². The van der Waals surface area contributed by atoms with Gasteiger partial charge in [-0.15, -0.1) is 0 Å². The van der Waals surface area contributed by atoms with Gasteiger partial charge in [0.1, 0.15) is 5.82 Å². The Balaban J connectivity index is 1.86. The summed E-state index contributed by atoms with van der Waals surface area (Å²) in [6.07, 6.45) is 0. The van der Waals surface area contributed by atoms with Crippen LogP contribution < -0.4 is 5.14 Å². The third kappa shape index (κ3) is 3.22. The van der Waals surface area contributed by atoms with Gasteiger partial charge in [0.05, 0.1) is 17.0 Å². The maximum absolute atomic E-state index is 13.0. The van der Waals surface area contributed by atoms with Crippen LogP contribution in [0.15, 0.2) is 59.2 Å². The number of sulfonamides is 1. The first-order valence-corrected chi connectivity index (χ1v) is 8.90. The van der Waals surface area contributed by atoms with E-state index in [-0.39, 0.29) is 22.6 Å². The first-order valence-electron chi connectivity index (χ1n) is 7.35. The normalized spacial score (nSPS) is 15.1. The molecule has 0 saturated carbocycles. The number of nitrogens with zero attached hydrogens (tertiary/aromatic N) is 1. The van der Waals surface area contributed by atoms with Gasteiger partial charge in [-0.3, -0.25) is 14.5 Å². The maximum atomic E-state index is 13.0. The molecule has 2 amide bonds. The second-order valence-corrected chi connectivity index (χ2v) is 7.18. The van der Waals surface area contributed by atoms with Gasteiger partial charge in [0.15, 0.2) is 5.76 Å². The van der Waals surface area contributed by atoms with Gasteiger partial charge >= 0.3 is 0 Å². The highest BCUT2D eigenvalue weighted by atomic mass is 32.2. The summed E-state index contributed by atoms with van der Waals surface area (Å²) in [7, 11) is -3.85. The molecule has 0 fully saturated rings. The number of hydrogen-bond acceptors (Lipinski definition) is 5. The number of carbonyl (C=O) groups excluding carboxylic acids is 2. The number of benzene rings is 2. The van der Waals surface area contributed by atoms with Gasteiger partial charge in [0, 0.05) is 0 Å². The standard InChI is InChI=1S/C17H13FN2O5S/c18-12-5-3-11(4-6-12)14-15(21)17(23)20(16(14)22)9-10-1-7-13(8-2-10)26(19,24)25/h1-8,21H,9H2,(H2,19,24,25). The van der Waals surface area contributed by atoms with Crippen molar-refractivity contribution < 1.29 is 27.5 Å². The van der Waals surface area contributed by atoms with Crippen LogP contribution in [-0.2, 0) is 26.2 Å². The first kappa shape index (κ1) is 17.8. The molecule has 2 aromatic carbocycles. The van der Waals surface area contributed by atoms with Gasteiger partial charge < -0.3 is 5.11 Å². The molecular weight excluding hydrogens is 363 g/mol. The quantitative estimate of drug-likeness (QED) is 0.780. The van der Waals surface area contributed by atoms with Crippen LogP contribution in [-0.4, -0.2) is 30.2 Å². The molecule has 1 aliphatic rings. The smallest absolute Gasteiger partial charge is 0.296 e. The summed E-state index contributed by atoms with van der Waals surface area (Å²) < 4.78 is 35.5. The van der Waals surface area contributed by atoms with Crippen LogP contribution in [0.3, 0.4) is 0 Å². The Morgan fingerprint density at radius 3 is 2.08 bits per heavy atom. The van der Waals surface area contributed by atoms with Crippen molar-refractivity contribution >= 4 is 27.4 Å². The van der Waals surface area contributed by atoms with E-state index in [0.717, 1.165) is 17.0 Å². The Bertz CT molecular complexity index is 1030. The number of nitrogens with two attached hydrogens (primary N) is 1. The summed E-state index contributed by atoms with van der Waals surface area (Å²) in [5.41, 5.74) is 0.470. The van der Waals surface area contributed by atoms with Gasteiger partial charge in [0.2, 0.25) is 10.0 Å². The summed E-state index contributed by atoms with van der Waals surface area (Å²) in [5, 5.41) is 15.0. The molecule has 7 nitrogen and oxygen atoms in total. The molecule has 0 unspecified atom stereocenters. The predicted octanol–water partition coefficient (Wildman–Crippen LogP) is 1.31. The van der Waals surface area contributed by atoms with Crippen molar-refractivity contribution in [3.63, 3.8) is 0 Å². The SMILES string of the molecule is NS(=O)(=O)c1ccc(CN2C(=O)C(O)=C(c3ccc(F)cc3)C2=O)cc1. The summed E-state index contributed by atoms with van der Waals surface area (Å²) in [5.74, 6) is -2.85. The second-order valence-electron chi connectivity index (χ2n) is 5.62. The van der Waals surface area contributed by atoms with Crippen molar-refractivity contribution in [2.45, 2.75) is 11.4 Å². The average molecular weight is 376 g/mol. The van der Waals surface area contributed by atoms with Gasteiger partial charge in [-0.05, 0) is 35.4 Å². The summed E-state index contributed by atoms with van der Waals surface area (Å²) in [6, 6.07) is 10.1. The van der Waals surface area contributed by atoms with Crippen LogP contribution in [0.4, 0.5) is 4.39 Å². The van der Waals surface area contributed by atoms with Gasteiger partial charge in [-0.2, -0.15) is 0 Å². The van der Waals surface area contributed by atoms with E-state index in [4.69, 9.17) is 5.14 Å². The van der Waals surface area contributed by atoms with Crippen molar-refractivity contribution in [1.29, 1.82) is 0 Å². The molecule has 9 heteroatoms. The number of halogens is 1. The van der Waals surface area contributed by atoms with E-state index in [1.54, 1.807) is 0 Å². The van der Waals surface area contributed by atoms with E-state index in [0.29, 0.717) is 5.56 Å². The number of primary sulfonamides is 1. The highest BCUT2D eigenvalue weighted by molar-refractivity contribution is 7.89. The minimum Gasteiger partial charge on any atom is -0.502 e. The zero-order valence-electron chi connectivity index (χ0n) is 13.2. The molecule has 0 bridgehead atoms. The lowest BCUT2D eigenvalue weighted by Crippen LogP contribution is -2.31. The molecule has 0 aliphatic carbocycles. The Morgan fingerprint density at radius 1 is 0.962 bits per heavy atom. The number of hydrogen-bond donors (Lipinski definition) is 2. The van der Waals surface area contributed by atoms with E-state index < -0.39 is 33.4 Å². The van der Waals surface area contributed by atoms with Crippen LogP contribution in [0.2, 0.25) is 0 Å². The monoisotopic (exact) mass is 376 g/mol. The molecule has 0 spiro atoms. The molecule has 0 aromatic heterocycles. The number of aliphatic hydroxyl groups excluding tert-OH is 1. The lowest BCUT2D eigenvalue weighted by Gasteiger charge is -2.14. The van der Waals surface area contributed by atoms with Crippen molar-refractivity contribution in [2.75, 3.05) is 0 Å². The van der Waals surface area contributed by atoms with Gasteiger partial charge in [-0.25, -0.2) is 17.9 Å². The van der Waals surface area contributed by atoms with Crippen molar-refractivity contribution in [3.05, 3.63) is 71.2 Å². The fourth-order valence-corrected chi connectivity index (χ4v) is 3.07. The van der Waals surface area contributed by atoms with E-state index >= 15 is 0 Å². The summed E-state index contributed by atoms with van der Waals surface area (Å²) in [6.45, 7) is -0.169. The fraction of sp³-hybridized carbons (Fsp3) is 0.0588. The molecule has 3 N–H and O–H groups in total. The molecule has 3 rings (SSSR count). The lowest BCUT2D eigenvalue weighted by atomic mass is 10.1. The minimum atomic E-state index is -3.85. The second kappa shape index (κ2) is 6.36. The van der Waals surface area contributed by atoms with E-state index in [2.05, 4.69) is 0 Å². The molecule has 0 atom stereocenters. The van der Waals surface area contributed by atoms with Crippen molar-refractivity contribution in [3.8, 4) is 0 Å². The van der Waals surface area contributed by atoms with Crippen LogP contribution in [0.1, 0.15) is 11.1 Å². The molecule has 2 aromatic rings. The Morgan fingerprint density at radius 2 is 1.54 bits per heavy atom. The molecule has 0 saturated heterocycles. The Hall–Kier alpha value is -3.04. The molecule has 1 heterocycles. The number of amides is 2. The third-order valence-electron chi connectivity index (χ3n) is 3.87. The largest absolute Gasteiger partial charge is 0.502 e. The first-order chi connectivity index (χ1) is 12.2. The third-order valence-corrected chi connectivity index (χ3v) is 4.80. The molecule has 134 valence electrons. The molecule has 1 aliphatic heterocycles. The van der Waals surface area contributed by atoms with Gasteiger partial charge in [0.25, 0.3) is 11.8 Å². The number of imide groups is 1. The molecule has 26 heavy (non-hydrogen) atoms. The Kier molecular flexibility index (Phi) is 4.34. The minimum absolute atomic E-state index is 0.103. The number of aliphatic hydroxyl groups is 1. The summed E-state index contributed by atoms with van der Waals surface area (Å²) >= 11 is 0. The summed E-state index contributed by atoms with van der Waals surface area (Å²) in [4.78, 5) is 25.4.